The molecule has 1 fully saturated rings. The molecule has 1 saturated heterocycles. The molecule has 2 aromatic carbocycles. The van der Waals surface area contributed by atoms with Crippen molar-refractivity contribution in [2.45, 2.75) is 37.6 Å². The summed E-state index contributed by atoms with van der Waals surface area (Å²) < 4.78 is 16.8. The Labute approximate surface area is 178 Å². The number of rotatable bonds is 5. The van der Waals surface area contributed by atoms with Gasteiger partial charge in [-0.25, -0.2) is 4.79 Å². The molecule has 0 bridgehead atoms. The van der Waals surface area contributed by atoms with Crippen LogP contribution in [0, 0.1) is 6.92 Å². The van der Waals surface area contributed by atoms with Gasteiger partial charge in [-0.15, -0.1) is 0 Å². The number of hydrogen-bond donors (Lipinski definition) is 0. The van der Waals surface area contributed by atoms with Crippen molar-refractivity contribution in [2.24, 2.45) is 0 Å². The third-order valence-electron chi connectivity index (χ3n) is 6.66. The molecule has 2 atom stereocenters. The monoisotopic (exact) mass is 407 g/mol. The average Bonchev–Trinajstić information content (AvgIpc) is 3.10. The number of carbonyl (C=O) groups is 1. The van der Waals surface area contributed by atoms with E-state index < -0.39 is 0 Å². The van der Waals surface area contributed by atoms with Gasteiger partial charge in [0, 0.05) is 17.9 Å². The van der Waals surface area contributed by atoms with Gasteiger partial charge >= 0.3 is 5.97 Å². The third-order valence-corrected chi connectivity index (χ3v) is 6.66. The predicted octanol–water partition coefficient (Wildman–Crippen LogP) is 4.49. The van der Waals surface area contributed by atoms with E-state index in [1.807, 2.05) is 37.3 Å². The fourth-order valence-electron chi connectivity index (χ4n) is 4.92. The minimum atomic E-state index is -0.279. The molecule has 2 aliphatic rings. The molecule has 5 nitrogen and oxygen atoms in total. The number of esters is 1. The summed E-state index contributed by atoms with van der Waals surface area (Å²) in [7, 11) is 5.46. The van der Waals surface area contributed by atoms with Gasteiger partial charge in [0.25, 0.3) is 0 Å². The van der Waals surface area contributed by atoms with Crippen LogP contribution in [0.15, 0.2) is 54.3 Å². The van der Waals surface area contributed by atoms with Crippen LogP contribution in [-0.2, 0) is 10.2 Å². The number of hydrogen-bond acceptors (Lipinski definition) is 5. The van der Waals surface area contributed by atoms with Gasteiger partial charge in [-0.05, 0) is 68.8 Å². The van der Waals surface area contributed by atoms with Gasteiger partial charge < -0.3 is 14.2 Å². The molecule has 5 heteroatoms. The molecule has 0 amide bonds. The van der Waals surface area contributed by atoms with Crippen LogP contribution >= 0.6 is 0 Å². The van der Waals surface area contributed by atoms with E-state index in [-0.39, 0.29) is 17.4 Å². The zero-order valence-electron chi connectivity index (χ0n) is 18.1. The fraction of sp³-hybridized carbons (Fsp3) is 0.400. The fourth-order valence-corrected chi connectivity index (χ4v) is 4.92. The Kier molecular flexibility index (Phi) is 5.56. The molecule has 158 valence electrons. The van der Waals surface area contributed by atoms with Crippen molar-refractivity contribution in [2.75, 3.05) is 27.8 Å². The van der Waals surface area contributed by atoms with E-state index in [2.05, 4.69) is 30.2 Å². The molecule has 2 aromatic rings. The molecular formula is C25H29NO4. The highest BCUT2D eigenvalue weighted by Gasteiger charge is 2.48. The predicted molar refractivity (Wildman–Crippen MR) is 116 cm³/mol. The van der Waals surface area contributed by atoms with Crippen molar-refractivity contribution in [3.63, 3.8) is 0 Å². The first-order chi connectivity index (χ1) is 14.5. The lowest BCUT2D eigenvalue weighted by Gasteiger charge is -2.40. The van der Waals surface area contributed by atoms with E-state index in [9.17, 15) is 4.79 Å². The summed E-state index contributed by atoms with van der Waals surface area (Å²) in [5, 5.41) is 0. The number of likely N-dealkylation sites (tertiary alicyclic amines) is 1. The topological polar surface area (TPSA) is 48.0 Å². The molecule has 0 radical (unpaired) electrons. The number of allylic oxidation sites excluding steroid dienone is 1. The molecule has 2 unspecified atom stereocenters. The molecule has 1 aliphatic heterocycles. The van der Waals surface area contributed by atoms with Crippen LogP contribution in [0.5, 0.6) is 11.5 Å². The van der Waals surface area contributed by atoms with Crippen molar-refractivity contribution in [3.8, 4) is 11.5 Å². The summed E-state index contributed by atoms with van der Waals surface area (Å²) in [5.41, 5.74) is 2.77. The summed E-state index contributed by atoms with van der Waals surface area (Å²) in [6, 6.07) is 13.9. The van der Waals surface area contributed by atoms with Gasteiger partial charge in [-0.1, -0.05) is 24.3 Å². The number of benzene rings is 2. The van der Waals surface area contributed by atoms with Crippen LogP contribution in [-0.4, -0.2) is 44.7 Å². The van der Waals surface area contributed by atoms with E-state index in [0.717, 1.165) is 48.6 Å². The van der Waals surface area contributed by atoms with Crippen LogP contribution in [0.2, 0.25) is 0 Å². The summed E-state index contributed by atoms with van der Waals surface area (Å²) in [6.07, 6.45) is 4.85. The van der Waals surface area contributed by atoms with Crippen LogP contribution in [0.1, 0.15) is 40.7 Å². The standard InChI is InChI=1S/C25H29NO4/c1-17-7-5-6-8-20(17)24(27)30-19-11-12-25(13-14-26(2)23(25)16-19)18-9-10-21(28-3)22(15-18)29-4/h5-10,15-16,23H,11-14H2,1-4H3. The maximum absolute atomic E-state index is 12.7. The van der Waals surface area contributed by atoms with Gasteiger partial charge in [0.15, 0.2) is 11.5 Å². The third kappa shape index (κ3) is 3.47. The van der Waals surface area contributed by atoms with Gasteiger partial charge in [-0.3, -0.25) is 4.90 Å². The Balaban J connectivity index is 1.63. The van der Waals surface area contributed by atoms with E-state index in [1.165, 1.54) is 5.56 Å². The molecule has 1 heterocycles. The van der Waals surface area contributed by atoms with Crippen molar-refractivity contribution in [3.05, 3.63) is 71.0 Å². The summed E-state index contributed by atoms with van der Waals surface area (Å²) in [6.45, 7) is 2.92. The molecule has 4 rings (SSSR count). The maximum atomic E-state index is 12.7. The second-order valence-corrected chi connectivity index (χ2v) is 8.24. The molecule has 0 spiro atoms. The quantitative estimate of drug-likeness (QED) is 0.684. The van der Waals surface area contributed by atoms with Crippen molar-refractivity contribution >= 4 is 5.97 Å². The Morgan fingerprint density at radius 2 is 1.83 bits per heavy atom. The summed E-state index contributed by atoms with van der Waals surface area (Å²) in [5.74, 6) is 1.97. The van der Waals surface area contributed by atoms with Crippen LogP contribution in [0.3, 0.4) is 0 Å². The Bertz CT molecular complexity index is 983. The van der Waals surface area contributed by atoms with Crippen LogP contribution in [0.25, 0.3) is 0 Å². The maximum Gasteiger partial charge on any atom is 0.343 e. The van der Waals surface area contributed by atoms with E-state index in [4.69, 9.17) is 14.2 Å². The zero-order chi connectivity index (χ0) is 21.3. The first kappa shape index (κ1) is 20.5. The van der Waals surface area contributed by atoms with Crippen molar-refractivity contribution in [1.82, 2.24) is 4.90 Å². The molecule has 1 aliphatic carbocycles. The molecule has 0 saturated carbocycles. The van der Waals surface area contributed by atoms with Gasteiger partial charge in [-0.2, -0.15) is 0 Å². The number of ether oxygens (including phenoxy) is 3. The Hall–Kier alpha value is -2.79. The average molecular weight is 408 g/mol. The number of likely N-dealkylation sites (N-methyl/N-ethyl adjacent to an activating group) is 1. The lowest BCUT2D eigenvalue weighted by molar-refractivity contribution is 0.0592. The Morgan fingerprint density at radius 1 is 1.07 bits per heavy atom. The first-order valence-electron chi connectivity index (χ1n) is 10.4. The molecular weight excluding hydrogens is 378 g/mol. The zero-order valence-corrected chi connectivity index (χ0v) is 18.1. The molecule has 30 heavy (non-hydrogen) atoms. The van der Waals surface area contributed by atoms with E-state index in [0.29, 0.717) is 5.56 Å². The number of aryl methyl sites for hydroxylation is 1. The molecule has 0 aromatic heterocycles. The van der Waals surface area contributed by atoms with Gasteiger partial charge in [0.05, 0.1) is 19.8 Å². The Morgan fingerprint density at radius 3 is 2.57 bits per heavy atom. The van der Waals surface area contributed by atoms with Gasteiger partial charge in [0.2, 0.25) is 0 Å². The highest BCUT2D eigenvalue weighted by molar-refractivity contribution is 5.91. The number of fused-ring (bicyclic) bond motifs is 1. The van der Waals surface area contributed by atoms with Crippen LogP contribution < -0.4 is 9.47 Å². The van der Waals surface area contributed by atoms with Crippen molar-refractivity contribution < 1.29 is 19.0 Å². The summed E-state index contributed by atoms with van der Waals surface area (Å²) >= 11 is 0. The first-order valence-corrected chi connectivity index (χ1v) is 10.4. The van der Waals surface area contributed by atoms with E-state index >= 15 is 0 Å². The molecule has 0 N–H and O–H groups in total. The minimum Gasteiger partial charge on any atom is -0.493 e. The van der Waals surface area contributed by atoms with Gasteiger partial charge in [0.1, 0.15) is 5.76 Å². The number of methoxy groups -OCH3 is 2. The smallest absolute Gasteiger partial charge is 0.343 e. The lowest BCUT2D eigenvalue weighted by atomic mass is 9.68. The normalized spacial score (nSPS) is 23.5. The van der Waals surface area contributed by atoms with Crippen LogP contribution in [0.4, 0.5) is 0 Å². The second-order valence-electron chi connectivity index (χ2n) is 8.24. The number of carbonyl (C=O) groups excluding carboxylic acids is 1. The highest BCUT2D eigenvalue weighted by atomic mass is 16.5. The van der Waals surface area contributed by atoms with Crippen molar-refractivity contribution in [1.29, 1.82) is 0 Å². The largest absolute Gasteiger partial charge is 0.493 e. The second kappa shape index (κ2) is 8.15. The number of nitrogens with zero attached hydrogens (tertiary/aromatic N) is 1. The van der Waals surface area contributed by atoms with E-state index in [1.54, 1.807) is 14.2 Å². The SMILES string of the molecule is COc1ccc(C23CCC(OC(=O)c4ccccc4C)=CC2N(C)CC3)cc1OC. The summed E-state index contributed by atoms with van der Waals surface area (Å²) in [4.78, 5) is 15.0. The lowest BCUT2D eigenvalue weighted by Crippen LogP contribution is -2.42. The highest BCUT2D eigenvalue weighted by Crippen LogP contribution is 2.49. The minimum absolute atomic E-state index is 0.0210.